The first-order valence-electron chi connectivity index (χ1n) is 24.5. The maximum Gasteiger partial charge on any atom is 0.397 e. The van der Waals surface area contributed by atoms with Gasteiger partial charge in [-0.15, -0.1) is 0 Å². The van der Waals surface area contributed by atoms with Crippen molar-refractivity contribution in [2.75, 3.05) is 26.4 Å². The molecule has 372 valence electrons. The molecule has 6 unspecified atom stereocenters. The molecule has 13 heteroatoms. The van der Waals surface area contributed by atoms with Gasteiger partial charge in [0.25, 0.3) is 0 Å². The Morgan fingerprint density at radius 3 is 1.57 bits per heavy atom. The number of aliphatic hydroxyl groups excluding tert-OH is 3. The number of aliphatic hydroxyl groups is 3. The first kappa shape index (κ1) is 60.0. The van der Waals surface area contributed by atoms with Crippen LogP contribution in [0.3, 0.4) is 0 Å². The summed E-state index contributed by atoms with van der Waals surface area (Å²) in [6.45, 7) is 3.77. The van der Waals surface area contributed by atoms with E-state index in [1.165, 1.54) is 38.5 Å². The summed E-state index contributed by atoms with van der Waals surface area (Å²) in [4.78, 5) is 12.9. The monoisotopic (exact) mass is 935 g/mol. The van der Waals surface area contributed by atoms with Crippen molar-refractivity contribution < 1.29 is 56.2 Å². The summed E-state index contributed by atoms with van der Waals surface area (Å²) in [6, 6.07) is 0. The van der Waals surface area contributed by atoms with Gasteiger partial charge in [0, 0.05) is 13.0 Å². The van der Waals surface area contributed by atoms with E-state index in [-0.39, 0.29) is 19.6 Å². The molecule has 1 saturated heterocycles. The molecule has 0 aliphatic carbocycles. The fraction of sp³-hybridized carbons (Fsp3) is 0.673. The number of rotatable bonds is 41. The first-order chi connectivity index (χ1) is 31.6. The fourth-order valence-electron chi connectivity index (χ4n) is 6.76. The van der Waals surface area contributed by atoms with Crippen molar-refractivity contribution >= 4 is 16.4 Å². The van der Waals surface area contributed by atoms with E-state index < -0.39 is 59.8 Å². The molecule has 1 heterocycles. The quantitative estimate of drug-likeness (QED) is 0.0198. The van der Waals surface area contributed by atoms with Crippen LogP contribution in [0.15, 0.2) is 97.2 Å². The van der Waals surface area contributed by atoms with Crippen LogP contribution in [-0.2, 0) is 38.3 Å². The largest absolute Gasteiger partial charge is 0.457 e. The lowest BCUT2D eigenvalue weighted by Gasteiger charge is -2.41. The second-order valence-corrected chi connectivity index (χ2v) is 17.4. The highest BCUT2D eigenvalue weighted by Gasteiger charge is 2.48. The van der Waals surface area contributed by atoms with Gasteiger partial charge in [-0.2, -0.15) is 8.42 Å². The van der Waals surface area contributed by atoms with Crippen molar-refractivity contribution in [2.24, 2.45) is 0 Å². The maximum absolute atomic E-state index is 12.9. The van der Waals surface area contributed by atoms with Gasteiger partial charge in [0.15, 0.2) is 6.29 Å². The number of carbonyl (C=O) groups excluding carboxylic acids is 1. The van der Waals surface area contributed by atoms with E-state index in [0.717, 1.165) is 96.3 Å². The average molecular weight is 935 g/mol. The molecular formula is C52H86O12S. The van der Waals surface area contributed by atoms with Crippen LogP contribution in [0, 0.1) is 0 Å². The highest BCUT2D eigenvalue weighted by molar-refractivity contribution is 7.80. The van der Waals surface area contributed by atoms with E-state index in [2.05, 4.69) is 115 Å². The molecule has 1 rings (SSSR count). The van der Waals surface area contributed by atoms with Crippen LogP contribution >= 0.6 is 0 Å². The van der Waals surface area contributed by atoms with Crippen LogP contribution < -0.4 is 0 Å². The molecule has 0 radical (unpaired) electrons. The van der Waals surface area contributed by atoms with Crippen LogP contribution in [-0.4, -0.2) is 97.5 Å². The number of ether oxygens (including phenoxy) is 4. The Bertz CT molecular complexity index is 1500. The number of carbonyl (C=O) groups is 1. The summed E-state index contributed by atoms with van der Waals surface area (Å²) in [7, 11) is -5.07. The van der Waals surface area contributed by atoms with E-state index in [1.807, 2.05) is 0 Å². The molecule has 0 aromatic rings. The van der Waals surface area contributed by atoms with Crippen LogP contribution in [0.1, 0.15) is 162 Å². The van der Waals surface area contributed by atoms with Gasteiger partial charge in [0.1, 0.15) is 30.5 Å². The van der Waals surface area contributed by atoms with Crippen LogP contribution in [0.5, 0.6) is 0 Å². The third-order valence-electron chi connectivity index (χ3n) is 10.4. The minimum atomic E-state index is -5.07. The molecule has 6 atom stereocenters. The Morgan fingerprint density at radius 1 is 0.600 bits per heavy atom. The molecule has 12 nitrogen and oxygen atoms in total. The highest BCUT2D eigenvalue weighted by Crippen LogP contribution is 2.26. The molecular weight excluding hydrogens is 849 g/mol. The van der Waals surface area contributed by atoms with Gasteiger partial charge in [-0.1, -0.05) is 156 Å². The minimum absolute atomic E-state index is 0.0116. The molecule has 0 bridgehead atoms. The number of allylic oxidation sites excluding steroid dienone is 16. The zero-order valence-corrected chi connectivity index (χ0v) is 40.6. The van der Waals surface area contributed by atoms with Crippen LogP contribution in [0.25, 0.3) is 0 Å². The summed E-state index contributed by atoms with van der Waals surface area (Å²) < 4.78 is 59.1. The molecule has 0 amide bonds. The molecule has 0 aromatic carbocycles. The summed E-state index contributed by atoms with van der Waals surface area (Å²) >= 11 is 0. The predicted molar refractivity (Wildman–Crippen MR) is 261 cm³/mol. The second-order valence-electron chi connectivity index (χ2n) is 16.3. The van der Waals surface area contributed by atoms with Gasteiger partial charge in [0.2, 0.25) is 0 Å². The third-order valence-corrected chi connectivity index (χ3v) is 10.9. The Balaban J connectivity index is 2.41. The van der Waals surface area contributed by atoms with Crippen molar-refractivity contribution in [3.63, 3.8) is 0 Å². The van der Waals surface area contributed by atoms with Gasteiger partial charge in [0.05, 0.1) is 19.8 Å². The standard InChI is InChI=1S/C52H86O12S/c1-3-5-7-9-11-13-15-17-18-19-20-21-22-23-24-25-26-27-28-29-31-33-35-37-39-41-48(54)62-46(44-60-42-40-38-36-34-32-30-16-14-12-10-8-6-4-2)45-61-52-50(56)51(64-65(57,58)59)49(55)47(43-53)63-52/h5,7,11-14,17-18,20-21,23-24,26-27,29,31,46-47,49-53,55-56H,3-4,6,8-10,15-16,19,22,25,28,30,32-45H2,1-2H3,(H,57,58,59)/b7-5-,13-11-,14-12-,18-17-,21-20-,24-23-,27-26-,31-29-. The van der Waals surface area contributed by atoms with Crippen molar-refractivity contribution in [3.05, 3.63) is 97.2 Å². The first-order valence-corrected chi connectivity index (χ1v) is 25.9. The van der Waals surface area contributed by atoms with Crippen molar-refractivity contribution in [2.45, 2.75) is 198 Å². The van der Waals surface area contributed by atoms with Gasteiger partial charge in [-0.3, -0.25) is 9.35 Å². The van der Waals surface area contributed by atoms with Crippen molar-refractivity contribution in [1.82, 2.24) is 0 Å². The molecule has 0 aromatic heterocycles. The van der Waals surface area contributed by atoms with E-state index in [9.17, 15) is 33.1 Å². The lowest BCUT2D eigenvalue weighted by molar-refractivity contribution is -0.301. The third kappa shape index (κ3) is 35.8. The van der Waals surface area contributed by atoms with Gasteiger partial charge >= 0.3 is 16.4 Å². The summed E-state index contributed by atoms with van der Waals surface area (Å²) in [5.41, 5.74) is 0. The van der Waals surface area contributed by atoms with Crippen LogP contribution in [0.2, 0.25) is 0 Å². The Labute approximate surface area is 393 Å². The smallest absolute Gasteiger partial charge is 0.397 e. The fourth-order valence-corrected chi connectivity index (χ4v) is 7.27. The number of esters is 1. The van der Waals surface area contributed by atoms with Crippen molar-refractivity contribution in [1.29, 1.82) is 0 Å². The van der Waals surface area contributed by atoms with E-state index in [4.69, 9.17) is 18.9 Å². The summed E-state index contributed by atoms with van der Waals surface area (Å²) in [6.07, 6.45) is 48.7. The van der Waals surface area contributed by atoms with Gasteiger partial charge in [-0.05, 0) is 96.3 Å². The topological polar surface area (TPSA) is 178 Å². The summed E-state index contributed by atoms with van der Waals surface area (Å²) in [5.74, 6) is -0.437. The minimum Gasteiger partial charge on any atom is -0.457 e. The zero-order chi connectivity index (χ0) is 47.5. The van der Waals surface area contributed by atoms with E-state index in [0.29, 0.717) is 13.0 Å². The zero-order valence-electron chi connectivity index (χ0n) is 39.8. The molecule has 0 saturated carbocycles. The Morgan fingerprint density at radius 2 is 1.06 bits per heavy atom. The lowest BCUT2D eigenvalue weighted by atomic mass is 9.99. The number of hydrogen-bond donors (Lipinski definition) is 4. The molecule has 1 aliphatic heterocycles. The normalized spacial score (nSPS) is 20.5. The molecule has 1 aliphatic rings. The molecule has 0 spiro atoms. The number of unbranched alkanes of at least 4 members (excludes halogenated alkanes) is 12. The van der Waals surface area contributed by atoms with E-state index >= 15 is 0 Å². The summed E-state index contributed by atoms with van der Waals surface area (Å²) in [5, 5.41) is 30.7. The van der Waals surface area contributed by atoms with Gasteiger partial charge < -0.3 is 34.3 Å². The molecule has 65 heavy (non-hydrogen) atoms. The maximum atomic E-state index is 12.9. The SMILES string of the molecule is CC/C=C\C/C=C\C/C=C\C/C=C\C/C=C\C/C=C\C/C=C\CCCCCC(=O)OC(COCCCCCCCC/C=C\CCCCC)COC1OC(CO)C(O)C(OS(=O)(=O)O)C1O. The average Bonchev–Trinajstić information content (AvgIpc) is 3.28. The van der Waals surface area contributed by atoms with E-state index in [1.54, 1.807) is 0 Å². The lowest BCUT2D eigenvalue weighted by Crippen LogP contribution is -2.60. The predicted octanol–water partition coefficient (Wildman–Crippen LogP) is 11.0. The van der Waals surface area contributed by atoms with Crippen molar-refractivity contribution in [3.8, 4) is 0 Å². The molecule has 4 N–H and O–H groups in total. The number of hydrogen-bond acceptors (Lipinski definition) is 11. The highest BCUT2D eigenvalue weighted by atomic mass is 32.3. The second kappa shape index (κ2) is 42.4. The Kier molecular flexibility index (Phi) is 39.1. The Hall–Kier alpha value is -2.98. The van der Waals surface area contributed by atoms with Gasteiger partial charge in [-0.25, -0.2) is 4.18 Å². The van der Waals surface area contributed by atoms with Crippen LogP contribution in [0.4, 0.5) is 0 Å². The molecule has 1 fully saturated rings.